The van der Waals surface area contributed by atoms with Crippen molar-refractivity contribution in [2.24, 2.45) is 0 Å². The van der Waals surface area contributed by atoms with E-state index in [2.05, 4.69) is 20.1 Å². The predicted molar refractivity (Wildman–Crippen MR) is 135 cm³/mol. The number of aromatic nitrogens is 1. The molecule has 9 heteroatoms. The van der Waals surface area contributed by atoms with Gasteiger partial charge in [-0.15, -0.1) is 11.3 Å². The zero-order chi connectivity index (χ0) is 23.9. The van der Waals surface area contributed by atoms with Crippen LogP contribution >= 0.6 is 11.3 Å². The number of carbonyl (C=O) groups excluding carboxylic acids is 1. The smallest absolute Gasteiger partial charge is 0.265 e. The highest BCUT2D eigenvalue weighted by Crippen LogP contribution is 2.40. The summed E-state index contributed by atoms with van der Waals surface area (Å²) in [6.45, 7) is 4.43. The first-order valence-electron chi connectivity index (χ1n) is 11.2. The van der Waals surface area contributed by atoms with Gasteiger partial charge in [-0.2, -0.15) is 0 Å². The zero-order valence-corrected chi connectivity index (χ0v) is 20.6. The topological polar surface area (TPSA) is 76.2 Å². The van der Waals surface area contributed by atoms with Gasteiger partial charge in [0.05, 0.1) is 38.1 Å². The number of pyridine rings is 1. The van der Waals surface area contributed by atoms with Crippen molar-refractivity contribution in [1.29, 1.82) is 0 Å². The molecule has 8 nitrogen and oxygen atoms in total. The van der Waals surface area contributed by atoms with E-state index in [-0.39, 0.29) is 5.91 Å². The molecule has 34 heavy (non-hydrogen) atoms. The monoisotopic (exact) mass is 482 g/mol. The average molecular weight is 483 g/mol. The number of anilines is 2. The van der Waals surface area contributed by atoms with E-state index >= 15 is 0 Å². The summed E-state index contributed by atoms with van der Waals surface area (Å²) in [7, 11) is 4.90. The van der Waals surface area contributed by atoms with Gasteiger partial charge >= 0.3 is 0 Å². The maximum absolute atomic E-state index is 12.2. The Bertz CT molecular complexity index is 1090. The molecular formula is C25H30N4O4S. The van der Waals surface area contributed by atoms with Gasteiger partial charge in [-0.3, -0.25) is 9.69 Å². The fourth-order valence-electron chi connectivity index (χ4n) is 4.13. The Balaban J connectivity index is 1.37. The number of hydrogen-bond acceptors (Lipinski definition) is 8. The zero-order valence-electron chi connectivity index (χ0n) is 19.7. The van der Waals surface area contributed by atoms with Gasteiger partial charge in [0.2, 0.25) is 5.75 Å². The quantitative estimate of drug-likeness (QED) is 0.517. The van der Waals surface area contributed by atoms with E-state index in [1.54, 1.807) is 27.5 Å². The third kappa shape index (κ3) is 5.43. The van der Waals surface area contributed by atoms with Crippen LogP contribution in [0.25, 0.3) is 0 Å². The summed E-state index contributed by atoms with van der Waals surface area (Å²) in [5, 5.41) is 4.79. The van der Waals surface area contributed by atoms with Crippen LogP contribution in [0.15, 0.2) is 48.0 Å². The van der Waals surface area contributed by atoms with Gasteiger partial charge in [-0.1, -0.05) is 12.1 Å². The molecule has 0 aliphatic carbocycles. The number of nitrogens with zero attached hydrogens (tertiary/aromatic N) is 3. The fourth-order valence-corrected chi connectivity index (χ4v) is 4.75. The van der Waals surface area contributed by atoms with Gasteiger partial charge in [-0.05, 0) is 36.1 Å². The van der Waals surface area contributed by atoms with Gasteiger partial charge in [0.15, 0.2) is 11.5 Å². The summed E-state index contributed by atoms with van der Waals surface area (Å²) >= 11 is 1.42. The number of rotatable bonds is 8. The number of carbonyl (C=O) groups is 1. The van der Waals surface area contributed by atoms with Crippen LogP contribution in [0.5, 0.6) is 17.2 Å². The van der Waals surface area contributed by atoms with Crippen molar-refractivity contribution in [3.05, 3.63) is 58.4 Å². The van der Waals surface area contributed by atoms with E-state index in [9.17, 15) is 4.79 Å². The van der Waals surface area contributed by atoms with Gasteiger partial charge in [-0.25, -0.2) is 4.98 Å². The maximum atomic E-state index is 12.2. The standard InChI is InChI=1S/C25H30N4O4S/c1-31-20-9-7-18(23(32-2)24(20)33-3)17-28-11-5-12-29(14-13-28)22-10-8-19(16-26-22)27-25(30)21-6-4-15-34-21/h4,6-10,15-16H,5,11-14,17H2,1-3H3,(H,27,30). The molecule has 0 atom stereocenters. The Labute approximate surface area is 204 Å². The highest BCUT2D eigenvalue weighted by molar-refractivity contribution is 7.12. The van der Waals surface area contributed by atoms with Crippen molar-refractivity contribution in [1.82, 2.24) is 9.88 Å². The van der Waals surface area contributed by atoms with Crippen LogP contribution in [0.2, 0.25) is 0 Å². The number of hydrogen-bond donors (Lipinski definition) is 1. The number of ether oxygens (including phenoxy) is 3. The molecule has 1 amide bonds. The second kappa shape index (κ2) is 11.2. The number of methoxy groups -OCH3 is 3. The number of nitrogens with one attached hydrogen (secondary N) is 1. The summed E-state index contributed by atoms with van der Waals surface area (Å²) in [4.78, 5) is 22.2. The normalized spacial score (nSPS) is 14.4. The lowest BCUT2D eigenvalue weighted by Crippen LogP contribution is -2.31. The molecule has 4 rings (SSSR count). The molecule has 1 fully saturated rings. The van der Waals surface area contributed by atoms with E-state index in [1.807, 2.05) is 41.8 Å². The number of amides is 1. The van der Waals surface area contributed by atoms with Gasteiger partial charge in [0, 0.05) is 38.3 Å². The molecule has 0 spiro atoms. The first-order valence-corrected chi connectivity index (χ1v) is 12.1. The molecular weight excluding hydrogens is 452 g/mol. The molecule has 1 N–H and O–H groups in total. The summed E-state index contributed by atoms with van der Waals surface area (Å²) in [6.07, 6.45) is 2.74. The molecule has 0 unspecified atom stereocenters. The molecule has 0 saturated carbocycles. The second-order valence-corrected chi connectivity index (χ2v) is 8.89. The van der Waals surface area contributed by atoms with E-state index in [0.29, 0.717) is 27.8 Å². The predicted octanol–water partition coefficient (Wildman–Crippen LogP) is 4.13. The first kappa shape index (κ1) is 23.8. The average Bonchev–Trinajstić information content (AvgIpc) is 3.31. The Morgan fingerprint density at radius 2 is 1.85 bits per heavy atom. The SMILES string of the molecule is COc1ccc(CN2CCCN(c3ccc(NC(=O)c4cccs4)cn3)CC2)c(OC)c1OC. The maximum Gasteiger partial charge on any atom is 0.265 e. The minimum atomic E-state index is -0.111. The van der Waals surface area contributed by atoms with Crippen molar-refractivity contribution in [3.8, 4) is 17.2 Å². The van der Waals surface area contributed by atoms with Crippen LogP contribution in [0.3, 0.4) is 0 Å². The van der Waals surface area contributed by atoms with Crippen molar-refractivity contribution >= 4 is 28.7 Å². The third-order valence-electron chi connectivity index (χ3n) is 5.84. The van der Waals surface area contributed by atoms with Crippen molar-refractivity contribution in [3.63, 3.8) is 0 Å². The summed E-state index contributed by atoms with van der Waals surface area (Å²) < 4.78 is 16.6. The molecule has 3 heterocycles. The second-order valence-electron chi connectivity index (χ2n) is 7.95. The minimum absolute atomic E-state index is 0.111. The Morgan fingerprint density at radius 3 is 2.53 bits per heavy atom. The van der Waals surface area contributed by atoms with Gasteiger partial charge in [0.1, 0.15) is 5.82 Å². The van der Waals surface area contributed by atoms with Crippen molar-refractivity contribution < 1.29 is 19.0 Å². The highest BCUT2D eigenvalue weighted by atomic mass is 32.1. The largest absolute Gasteiger partial charge is 0.493 e. The summed E-state index contributed by atoms with van der Waals surface area (Å²) in [5.41, 5.74) is 1.76. The molecule has 0 bridgehead atoms. The van der Waals surface area contributed by atoms with E-state index < -0.39 is 0 Å². The molecule has 1 saturated heterocycles. The van der Waals surface area contributed by atoms with Crippen molar-refractivity contribution in [2.45, 2.75) is 13.0 Å². The van der Waals surface area contributed by atoms with Crippen LogP contribution in [0.4, 0.5) is 11.5 Å². The van der Waals surface area contributed by atoms with E-state index in [0.717, 1.165) is 50.5 Å². The molecule has 0 radical (unpaired) electrons. The van der Waals surface area contributed by atoms with Crippen molar-refractivity contribution in [2.75, 3.05) is 57.7 Å². The van der Waals surface area contributed by atoms with E-state index in [4.69, 9.17) is 14.2 Å². The molecule has 1 aliphatic rings. The summed E-state index contributed by atoms with van der Waals surface area (Å²) in [5.74, 6) is 2.80. The number of thiophene rings is 1. The van der Waals surface area contributed by atoms with Crippen LogP contribution in [0.1, 0.15) is 21.7 Å². The third-order valence-corrected chi connectivity index (χ3v) is 6.71. The lowest BCUT2D eigenvalue weighted by atomic mass is 10.1. The molecule has 180 valence electrons. The lowest BCUT2D eigenvalue weighted by molar-refractivity contribution is 0.103. The van der Waals surface area contributed by atoms with Crippen LogP contribution in [0, 0.1) is 0 Å². The van der Waals surface area contributed by atoms with Crippen LogP contribution in [-0.4, -0.2) is 63.3 Å². The summed E-state index contributed by atoms with van der Waals surface area (Å²) in [6, 6.07) is 11.5. The Kier molecular flexibility index (Phi) is 7.87. The molecule has 2 aromatic heterocycles. The van der Waals surface area contributed by atoms with Gasteiger partial charge in [0.25, 0.3) is 5.91 Å². The minimum Gasteiger partial charge on any atom is -0.493 e. The Hall–Kier alpha value is -3.30. The molecule has 1 aliphatic heterocycles. The highest BCUT2D eigenvalue weighted by Gasteiger charge is 2.21. The molecule has 3 aromatic rings. The lowest BCUT2D eigenvalue weighted by Gasteiger charge is -2.24. The number of benzene rings is 1. The first-order chi connectivity index (χ1) is 16.6. The molecule has 1 aromatic carbocycles. The van der Waals surface area contributed by atoms with Crippen LogP contribution < -0.4 is 24.4 Å². The fraction of sp³-hybridized carbons (Fsp3) is 0.360. The van der Waals surface area contributed by atoms with E-state index in [1.165, 1.54) is 11.3 Å². The van der Waals surface area contributed by atoms with Crippen LogP contribution in [-0.2, 0) is 6.54 Å². The Morgan fingerprint density at radius 1 is 1.00 bits per heavy atom. The van der Waals surface area contributed by atoms with Gasteiger partial charge < -0.3 is 24.4 Å².